The maximum absolute atomic E-state index is 13.3. The number of rotatable bonds is 6. The first-order valence-corrected chi connectivity index (χ1v) is 13.8. The molecule has 1 aromatic carbocycles. The summed E-state index contributed by atoms with van der Waals surface area (Å²) in [6.45, 7) is 12.8. The van der Waals surface area contributed by atoms with Gasteiger partial charge in [0.05, 0.1) is 11.1 Å². The van der Waals surface area contributed by atoms with Gasteiger partial charge in [-0.1, -0.05) is 32.6 Å². The number of fused-ring (bicyclic) bond motifs is 2. The highest BCUT2D eigenvalue weighted by Gasteiger charge is 2.41. The first-order chi connectivity index (χ1) is 18.4. The van der Waals surface area contributed by atoms with Gasteiger partial charge in [0.15, 0.2) is 0 Å². The van der Waals surface area contributed by atoms with Crippen LogP contribution in [-0.2, 0) is 32.7 Å². The van der Waals surface area contributed by atoms with Gasteiger partial charge in [0.25, 0.3) is 5.56 Å². The van der Waals surface area contributed by atoms with Crippen LogP contribution in [0.4, 0.5) is 13.2 Å². The summed E-state index contributed by atoms with van der Waals surface area (Å²) >= 11 is 0. The van der Waals surface area contributed by atoms with Crippen LogP contribution >= 0.6 is 0 Å². The number of aromatic nitrogens is 2. The fraction of sp³-hybridized carbons (Fsp3) is 0.484. The van der Waals surface area contributed by atoms with Gasteiger partial charge in [0.2, 0.25) is 0 Å². The summed E-state index contributed by atoms with van der Waals surface area (Å²) < 4.78 is 41.7. The topological polar surface area (TPSA) is 41.4 Å². The maximum atomic E-state index is 13.3. The molecule has 4 heterocycles. The minimum absolute atomic E-state index is 0.0136. The normalized spacial score (nSPS) is 18.0. The Balaban J connectivity index is 1.31. The second-order valence-electron chi connectivity index (χ2n) is 11.7. The third-order valence-electron chi connectivity index (χ3n) is 8.57. The van der Waals surface area contributed by atoms with Crippen molar-refractivity contribution < 1.29 is 13.2 Å². The molecule has 39 heavy (non-hydrogen) atoms. The lowest BCUT2D eigenvalue weighted by Gasteiger charge is -2.48. The molecule has 2 aliphatic heterocycles. The van der Waals surface area contributed by atoms with Crippen LogP contribution in [0, 0.1) is 11.3 Å². The van der Waals surface area contributed by atoms with E-state index in [1.165, 1.54) is 11.6 Å². The zero-order valence-corrected chi connectivity index (χ0v) is 23.0. The summed E-state index contributed by atoms with van der Waals surface area (Å²) in [5.41, 5.74) is 3.80. The lowest BCUT2D eigenvalue weighted by atomic mass is 9.70. The second kappa shape index (κ2) is 10.5. The van der Waals surface area contributed by atoms with Gasteiger partial charge in [-0.15, -0.1) is 0 Å². The second-order valence-corrected chi connectivity index (χ2v) is 11.7. The number of aryl methyl sites for hydroxylation is 1. The number of halogens is 3. The zero-order valence-electron chi connectivity index (χ0n) is 23.0. The van der Waals surface area contributed by atoms with Gasteiger partial charge >= 0.3 is 6.18 Å². The van der Waals surface area contributed by atoms with Crippen molar-refractivity contribution in [2.45, 2.75) is 58.8 Å². The van der Waals surface area contributed by atoms with Crippen LogP contribution in [0.5, 0.6) is 0 Å². The Hall–Kier alpha value is -3.13. The molecule has 8 heteroatoms. The van der Waals surface area contributed by atoms with Crippen molar-refractivity contribution in [2.24, 2.45) is 18.4 Å². The lowest BCUT2D eigenvalue weighted by Crippen LogP contribution is -2.46. The van der Waals surface area contributed by atoms with Crippen LogP contribution in [-0.4, -0.2) is 39.0 Å². The zero-order chi connectivity index (χ0) is 27.9. The van der Waals surface area contributed by atoms with E-state index in [0.29, 0.717) is 24.4 Å². The van der Waals surface area contributed by atoms with Crippen molar-refractivity contribution >= 4 is 10.9 Å². The van der Waals surface area contributed by atoms with Gasteiger partial charge in [-0.25, -0.2) is 0 Å². The molecule has 0 unspecified atom stereocenters. The van der Waals surface area contributed by atoms with Crippen molar-refractivity contribution in [3.05, 3.63) is 87.6 Å². The monoisotopic (exact) mass is 538 g/mol. The average Bonchev–Trinajstić information content (AvgIpc) is 2.90. The van der Waals surface area contributed by atoms with Crippen molar-refractivity contribution in [3.63, 3.8) is 0 Å². The number of piperidine rings is 1. The third-order valence-corrected chi connectivity index (χ3v) is 8.57. The summed E-state index contributed by atoms with van der Waals surface area (Å²) in [5, 5.41) is 1.05. The average molecular weight is 539 g/mol. The number of pyridine rings is 2. The van der Waals surface area contributed by atoms with E-state index in [9.17, 15) is 18.0 Å². The lowest BCUT2D eigenvalue weighted by molar-refractivity contribution is -0.137. The molecule has 2 aromatic heterocycles. The van der Waals surface area contributed by atoms with Crippen LogP contribution in [0.15, 0.2) is 59.7 Å². The van der Waals surface area contributed by atoms with E-state index in [2.05, 4.69) is 53.4 Å². The Morgan fingerprint density at radius 2 is 1.82 bits per heavy atom. The molecule has 1 fully saturated rings. The van der Waals surface area contributed by atoms with Crippen LogP contribution < -0.4 is 5.56 Å². The number of hydrogen-bond donors (Lipinski definition) is 0. The van der Waals surface area contributed by atoms with Crippen molar-refractivity contribution in [1.29, 1.82) is 0 Å². The highest BCUT2D eigenvalue weighted by molar-refractivity contribution is 5.79. The van der Waals surface area contributed by atoms with Gasteiger partial charge in [0.1, 0.15) is 0 Å². The highest BCUT2D eigenvalue weighted by atomic mass is 19.4. The number of nitrogens with zero attached hydrogens (tertiary/aromatic N) is 4. The SMILES string of the molecule is C=C(N1CCc2ncc(C(F)(F)F)cc2C1)C1(CC(C)C)CCN(Cc2ccc3ccc(=O)n(C)c3c2)CC1. The van der Waals surface area contributed by atoms with Crippen molar-refractivity contribution in [2.75, 3.05) is 19.6 Å². The van der Waals surface area contributed by atoms with Gasteiger partial charge in [-0.2, -0.15) is 13.2 Å². The number of alkyl halides is 3. The Bertz CT molecular complexity index is 1430. The fourth-order valence-corrected chi connectivity index (χ4v) is 6.45. The smallest absolute Gasteiger partial charge is 0.370 e. The number of benzene rings is 1. The predicted octanol–water partition coefficient (Wildman–Crippen LogP) is 6.15. The molecule has 208 valence electrons. The molecule has 0 spiro atoms. The number of hydrogen-bond acceptors (Lipinski definition) is 4. The number of likely N-dealkylation sites (tertiary alicyclic amines) is 1. The van der Waals surface area contributed by atoms with Gasteiger partial charge in [0, 0.05) is 62.2 Å². The molecule has 5 nitrogen and oxygen atoms in total. The van der Waals surface area contributed by atoms with Gasteiger partial charge in [-0.05, 0) is 73.0 Å². The summed E-state index contributed by atoms with van der Waals surface area (Å²) in [6, 6.07) is 11.1. The van der Waals surface area contributed by atoms with E-state index in [1.807, 2.05) is 6.07 Å². The molecule has 0 radical (unpaired) electrons. The molecule has 2 aliphatic rings. The van der Waals surface area contributed by atoms with Gasteiger partial charge < -0.3 is 9.47 Å². The van der Waals surface area contributed by atoms with Crippen LogP contribution in [0.25, 0.3) is 10.9 Å². The first kappa shape index (κ1) is 27.4. The van der Waals surface area contributed by atoms with E-state index in [1.54, 1.807) is 17.7 Å². The molecule has 0 aliphatic carbocycles. The molecule has 5 rings (SSSR count). The van der Waals surface area contributed by atoms with Crippen LogP contribution in [0.3, 0.4) is 0 Å². The quantitative estimate of drug-likeness (QED) is 0.377. The van der Waals surface area contributed by atoms with E-state index >= 15 is 0 Å². The highest BCUT2D eigenvalue weighted by Crippen LogP contribution is 2.46. The largest absolute Gasteiger partial charge is 0.417 e. The van der Waals surface area contributed by atoms with Crippen LogP contribution in [0.1, 0.15) is 55.5 Å². The molecule has 3 aromatic rings. The van der Waals surface area contributed by atoms with Crippen molar-refractivity contribution in [3.8, 4) is 0 Å². The van der Waals surface area contributed by atoms with Crippen molar-refractivity contribution in [1.82, 2.24) is 19.4 Å². The van der Waals surface area contributed by atoms with E-state index < -0.39 is 11.7 Å². The van der Waals surface area contributed by atoms with E-state index in [-0.39, 0.29) is 11.0 Å². The Morgan fingerprint density at radius 1 is 1.10 bits per heavy atom. The summed E-state index contributed by atoms with van der Waals surface area (Å²) in [7, 11) is 1.81. The fourth-order valence-electron chi connectivity index (χ4n) is 6.45. The number of allylic oxidation sites excluding steroid dienone is 1. The Morgan fingerprint density at radius 3 is 2.51 bits per heavy atom. The predicted molar refractivity (Wildman–Crippen MR) is 148 cm³/mol. The Labute approximate surface area is 227 Å². The molecular weight excluding hydrogens is 501 g/mol. The summed E-state index contributed by atoms with van der Waals surface area (Å²) in [5.74, 6) is 0.477. The molecule has 0 N–H and O–H groups in total. The Kier molecular flexibility index (Phi) is 7.35. The molecule has 0 amide bonds. The summed E-state index contributed by atoms with van der Waals surface area (Å²) in [4.78, 5) is 20.9. The van der Waals surface area contributed by atoms with Crippen LogP contribution in [0.2, 0.25) is 0 Å². The van der Waals surface area contributed by atoms with Gasteiger partial charge in [-0.3, -0.25) is 14.7 Å². The first-order valence-electron chi connectivity index (χ1n) is 13.8. The molecular formula is C31H37F3N4O. The molecule has 1 saturated heterocycles. The van der Waals surface area contributed by atoms with E-state index in [0.717, 1.165) is 73.9 Å². The molecule has 0 saturated carbocycles. The summed E-state index contributed by atoms with van der Waals surface area (Å²) in [6.07, 6.45) is 0.102. The van der Waals surface area contributed by atoms with E-state index in [4.69, 9.17) is 0 Å². The third kappa shape index (κ3) is 5.62. The molecule has 0 bridgehead atoms. The molecule has 0 atom stereocenters. The minimum atomic E-state index is -4.40. The minimum Gasteiger partial charge on any atom is -0.370 e. The maximum Gasteiger partial charge on any atom is 0.417 e. The standard InChI is InChI=1S/C31H37F3N4O/c1-21(2)17-30(22(3)38-12-9-27-25(20-38)16-26(18-35-27)31(32,33)34)10-13-37(14-11-30)19-23-5-6-24-7-8-29(39)36(4)28(24)15-23/h5-8,15-16,18,21H,3,9-14,17,19-20H2,1-2,4H3.